The lowest BCUT2D eigenvalue weighted by Crippen LogP contribution is -2.38. The highest BCUT2D eigenvalue weighted by Crippen LogP contribution is 2.55. The van der Waals surface area contributed by atoms with Crippen LogP contribution in [0.5, 0.6) is 0 Å². The molecule has 2 aliphatic heterocycles. The van der Waals surface area contributed by atoms with Gasteiger partial charge in [0.25, 0.3) is 0 Å². The molecule has 2 fully saturated rings. The molecule has 0 aliphatic carbocycles. The Hall–Kier alpha value is -0.930. The van der Waals surface area contributed by atoms with Crippen LogP contribution < -0.4 is 0 Å². The van der Waals surface area contributed by atoms with Gasteiger partial charge in [0.1, 0.15) is 5.82 Å². The summed E-state index contributed by atoms with van der Waals surface area (Å²) in [5.41, 5.74) is 1.85. The average molecular weight is 292 g/mol. The van der Waals surface area contributed by atoms with Crippen LogP contribution in [0.25, 0.3) is 0 Å². The first-order chi connectivity index (χ1) is 9.85. The molecule has 1 aromatic carbocycles. The van der Waals surface area contributed by atoms with E-state index in [4.69, 9.17) is 9.47 Å². The fraction of sp³-hybridized carbons (Fsp3) is 0.667. The van der Waals surface area contributed by atoms with Crippen LogP contribution in [0.3, 0.4) is 0 Å². The molecule has 1 aromatic rings. The van der Waals surface area contributed by atoms with Gasteiger partial charge in [0, 0.05) is 6.42 Å². The fourth-order valence-electron chi connectivity index (χ4n) is 3.82. The summed E-state index contributed by atoms with van der Waals surface area (Å²) in [4.78, 5) is 0. The molecule has 0 unspecified atom stereocenters. The standard InChI is InChI=1S/C18H25FO2/c1-12(2)18-8-7-17(4,21-18)16(10-18)20-11-14-5-6-15(19)9-13(14)3/h5-6,9,12,16H,7-8,10-11H2,1-4H3/t16-,17+,18-/m0/s1. The van der Waals surface area contributed by atoms with Gasteiger partial charge in [0.05, 0.1) is 23.9 Å². The second kappa shape index (κ2) is 5.06. The van der Waals surface area contributed by atoms with Crippen molar-refractivity contribution in [1.29, 1.82) is 0 Å². The fourth-order valence-corrected chi connectivity index (χ4v) is 3.82. The number of benzene rings is 1. The van der Waals surface area contributed by atoms with Gasteiger partial charge in [-0.05, 0) is 55.9 Å². The highest BCUT2D eigenvalue weighted by Gasteiger charge is 2.60. The highest BCUT2D eigenvalue weighted by molar-refractivity contribution is 5.26. The molecule has 0 N–H and O–H groups in total. The molecular formula is C18H25FO2. The molecule has 3 heteroatoms. The van der Waals surface area contributed by atoms with Gasteiger partial charge in [0.2, 0.25) is 0 Å². The monoisotopic (exact) mass is 292 g/mol. The van der Waals surface area contributed by atoms with Gasteiger partial charge in [-0.2, -0.15) is 0 Å². The van der Waals surface area contributed by atoms with Crippen LogP contribution in [0.1, 0.15) is 51.2 Å². The molecule has 21 heavy (non-hydrogen) atoms. The van der Waals surface area contributed by atoms with E-state index < -0.39 is 0 Å². The zero-order valence-corrected chi connectivity index (χ0v) is 13.4. The summed E-state index contributed by atoms with van der Waals surface area (Å²) in [6.45, 7) is 9.10. The number of halogens is 1. The molecule has 2 saturated heterocycles. The lowest BCUT2D eigenvalue weighted by molar-refractivity contribution is -0.0960. The first-order valence-electron chi connectivity index (χ1n) is 7.91. The third-order valence-corrected chi connectivity index (χ3v) is 5.49. The van der Waals surface area contributed by atoms with E-state index in [1.807, 2.05) is 13.0 Å². The van der Waals surface area contributed by atoms with Crippen LogP contribution in [-0.4, -0.2) is 17.3 Å². The number of hydrogen-bond acceptors (Lipinski definition) is 2. The van der Waals surface area contributed by atoms with Crippen LogP contribution in [0.15, 0.2) is 18.2 Å². The maximum absolute atomic E-state index is 13.2. The Bertz CT molecular complexity index is 542. The minimum atomic E-state index is -0.190. The summed E-state index contributed by atoms with van der Waals surface area (Å²) in [6, 6.07) is 4.88. The van der Waals surface area contributed by atoms with Crippen molar-refractivity contribution in [3.8, 4) is 0 Å². The van der Waals surface area contributed by atoms with Crippen molar-refractivity contribution in [1.82, 2.24) is 0 Å². The van der Waals surface area contributed by atoms with Crippen LogP contribution in [0.4, 0.5) is 4.39 Å². The zero-order chi connectivity index (χ0) is 15.3. The summed E-state index contributed by atoms with van der Waals surface area (Å²) in [5.74, 6) is 0.325. The van der Waals surface area contributed by atoms with Crippen LogP contribution in [0.2, 0.25) is 0 Å². The molecule has 2 bridgehead atoms. The van der Waals surface area contributed by atoms with E-state index in [-0.39, 0.29) is 23.1 Å². The lowest BCUT2D eigenvalue weighted by Gasteiger charge is -2.31. The molecule has 2 heterocycles. The zero-order valence-electron chi connectivity index (χ0n) is 13.4. The predicted octanol–water partition coefficient (Wildman–Crippen LogP) is 4.39. The SMILES string of the molecule is Cc1cc(F)ccc1CO[C@H]1C[C@]2(C(C)C)CC[C@@]1(C)O2. The van der Waals surface area contributed by atoms with Gasteiger partial charge in [-0.3, -0.25) is 0 Å². The summed E-state index contributed by atoms with van der Waals surface area (Å²) in [7, 11) is 0. The van der Waals surface area contributed by atoms with E-state index in [0.717, 1.165) is 30.4 Å². The quantitative estimate of drug-likeness (QED) is 0.819. The molecular weight excluding hydrogens is 267 g/mol. The molecule has 0 saturated carbocycles. The van der Waals surface area contributed by atoms with Crippen molar-refractivity contribution in [2.75, 3.05) is 0 Å². The minimum absolute atomic E-state index is 0.00272. The third kappa shape index (κ3) is 2.51. The topological polar surface area (TPSA) is 18.5 Å². The number of aryl methyl sites for hydroxylation is 1. The third-order valence-electron chi connectivity index (χ3n) is 5.49. The normalized spacial score (nSPS) is 34.9. The van der Waals surface area contributed by atoms with E-state index in [0.29, 0.717) is 12.5 Å². The smallest absolute Gasteiger partial charge is 0.123 e. The molecule has 3 atom stereocenters. The molecule has 2 aliphatic rings. The maximum atomic E-state index is 13.2. The molecule has 3 rings (SSSR count). The largest absolute Gasteiger partial charge is 0.370 e. The molecule has 0 amide bonds. The highest BCUT2D eigenvalue weighted by atomic mass is 19.1. The molecule has 2 nitrogen and oxygen atoms in total. The van der Waals surface area contributed by atoms with Crippen molar-refractivity contribution in [3.05, 3.63) is 35.1 Å². The second-order valence-corrected chi connectivity index (χ2v) is 7.21. The average Bonchev–Trinajstić information content (AvgIpc) is 2.90. The molecule has 0 aromatic heterocycles. The molecule has 0 radical (unpaired) electrons. The van der Waals surface area contributed by atoms with E-state index in [1.165, 1.54) is 6.07 Å². The van der Waals surface area contributed by atoms with Gasteiger partial charge < -0.3 is 9.47 Å². The van der Waals surface area contributed by atoms with Gasteiger partial charge >= 0.3 is 0 Å². The Labute approximate surface area is 126 Å². The van der Waals surface area contributed by atoms with Crippen LogP contribution in [-0.2, 0) is 16.1 Å². The Kier molecular flexibility index (Phi) is 3.61. The Morgan fingerprint density at radius 2 is 2.14 bits per heavy atom. The van der Waals surface area contributed by atoms with Crippen molar-refractivity contribution in [3.63, 3.8) is 0 Å². The Balaban J connectivity index is 1.69. The summed E-state index contributed by atoms with van der Waals surface area (Å²) < 4.78 is 25.7. The second-order valence-electron chi connectivity index (χ2n) is 7.21. The first-order valence-corrected chi connectivity index (χ1v) is 7.91. The number of hydrogen-bond donors (Lipinski definition) is 0. The van der Waals surface area contributed by atoms with E-state index in [9.17, 15) is 4.39 Å². The van der Waals surface area contributed by atoms with Gasteiger partial charge in [-0.25, -0.2) is 4.39 Å². The van der Waals surface area contributed by atoms with Crippen molar-refractivity contribution >= 4 is 0 Å². The van der Waals surface area contributed by atoms with Gasteiger partial charge in [-0.15, -0.1) is 0 Å². The first kappa shape index (κ1) is 15.0. The van der Waals surface area contributed by atoms with Crippen molar-refractivity contribution < 1.29 is 13.9 Å². The van der Waals surface area contributed by atoms with E-state index >= 15 is 0 Å². The number of fused-ring (bicyclic) bond motifs is 2. The van der Waals surface area contributed by atoms with Crippen molar-refractivity contribution in [2.45, 2.75) is 70.9 Å². The summed E-state index contributed by atoms with van der Waals surface area (Å²) >= 11 is 0. The predicted molar refractivity (Wildman–Crippen MR) is 80.6 cm³/mol. The van der Waals surface area contributed by atoms with Crippen LogP contribution in [0, 0.1) is 18.7 Å². The molecule has 0 spiro atoms. The number of ether oxygens (including phenoxy) is 2. The van der Waals surface area contributed by atoms with Gasteiger partial charge in [-0.1, -0.05) is 19.9 Å². The molecule has 116 valence electrons. The van der Waals surface area contributed by atoms with E-state index in [1.54, 1.807) is 6.07 Å². The summed E-state index contributed by atoms with van der Waals surface area (Å²) in [5, 5.41) is 0. The maximum Gasteiger partial charge on any atom is 0.123 e. The minimum Gasteiger partial charge on any atom is -0.370 e. The number of rotatable bonds is 4. The lowest BCUT2D eigenvalue weighted by atomic mass is 9.75. The summed E-state index contributed by atoms with van der Waals surface area (Å²) in [6.07, 6.45) is 3.31. The Morgan fingerprint density at radius 1 is 1.38 bits per heavy atom. The Morgan fingerprint density at radius 3 is 2.76 bits per heavy atom. The van der Waals surface area contributed by atoms with Crippen LogP contribution >= 0.6 is 0 Å². The van der Waals surface area contributed by atoms with Crippen molar-refractivity contribution in [2.24, 2.45) is 5.92 Å². The van der Waals surface area contributed by atoms with E-state index in [2.05, 4.69) is 20.8 Å². The van der Waals surface area contributed by atoms with Gasteiger partial charge in [0.15, 0.2) is 0 Å².